The van der Waals surface area contributed by atoms with E-state index in [2.05, 4.69) is 50.8 Å². The second-order valence-electron chi connectivity index (χ2n) is 15.1. The lowest BCUT2D eigenvalue weighted by Crippen LogP contribution is -2.61. The normalized spacial score (nSPS) is 17.4. The van der Waals surface area contributed by atoms with Crippen molar-refractivity contribution in [2.24, 2.45) is 5.41 Å². The molecule has 4 amide bonds. The number of imide groups is 1. The second kappa shape index (κ2) is 13.9. The summed E-state index contributed by atoms with van der Waals surface area (Å²) in [5.74, 6) is -1.59. The van der Waals surface area contributed by atoms with Gasteiger partial charge in [-0.15, -0.1) is 0 Å². The van der Waals surface area contributed by atoms with Gasteiger partial charge in [0.1, 0.15) is 17.1 Å². The molecule has 1 aliphatic carbocycles. The molecule has 0 unspecified atom stereocenters. The van der Waals surface area contributed by atoms with Crippen LogP contribution in [0, 0.1) is 11.2 Å². The molecule has 0 radical (unpaired) electrons. The van der Waals surface area contributed by atoms with Crippen LogP contribution in [-0.2, 0) is 23.3 Å². The Balaban J connectivity index is 0.797. The average molecular weight is 774 g/mol. The van der Waals surface area contributed by atoms with E-state index in [0.29, 0.717) is 11.3 Å². The highest BCUT2D eigenvalue weighted by Crippen LogP contribution is 2.56. The fraction of sp³-hybridized carbons (Fsp3) is 0.378. The maximum atomic E-state index is 15.0. The fourth-order valence-electron chi connectivity index (χ4n) is 7.34. The highest BCUT2D eigenvalue weighted by atomic mass is 19.4. The van der Waals surface area contributed by atoms with E-state index in [1.54, 1.807) is 18.5 Å². The summed E-state index contributed by atoms with van der Waals surface area (Å²) in [6, 6.07) is 9.67. The molecule has 3 aliphatic rings. The van der Waals surface area contributed by atoms with Gasteiger partial charge in [0.15, 0.2) is 17.3 Å². The first kappa shape index (κ1) is 36.8. The largest absolute Gasteiger partial charge is 0.401 e. The molecular formula is C37H35F4N11O4. The quantitative estimate of drug-likeness (QED) is 0.161. The fourth-order valence-corrected chi connectivity index (χ4v) is 7.34. The number of alkyl halides is 3. The third-order valence-corrected chi connectivity index (χ3v) is 10.6. The van der Waals surface area contributed by atoms with Crippen molar-refractivity contribution in [3.8, 4) is 22.8 Å². The topological polar surface area (TPSA) is 188 Å². The lowest BCUT2D eigenvalue weighted by molar-refractivity contribution is -0.182. The van der Waals surface area contributed by atoms with E-state index in [1.165, 1.54) is 17.0 Å². The van der Waals surface area contributed by atoms with Crippen molar-refractivity contribution in [3.05, 3.63) is 89.3 Å². The number of aromatic amines is 1. The van der Waals surface area contributed by atoms with Crippen molar-refractivity contribution in [1.29, 1.82) is 0 Å². The third kappa shape index (κ3) is 7.09. The molecule has 2 aliphatic heterocycles. The van der Waals surface area contributed by atoms with E-state index >= 15 is 4.39 Å². The highest BCUT2D eigenvalue weighted by molar-refractivity contribution is 6.05. The molecule has 1 saturated carbocycles. The van der Waals surface area contributed by atoms with Crippen LogP contribution in [0.1, 0.15) is 72.4 Å². The maximum absolute atomic E-state index is 15.0. The molecule has 290 valence electrons. The summed E-state index contributed by atoms with van der Waals surface area (Å²) < 4.78 is 60.0. The summed E-state index contributed by atoms with van der Waals surface area (Å²) >= 11 is 0. The molecule has 3 N–H and O–H groups in total. The van der Waals surface area contributed by atoms with Crippen molar-refractivity contribution in [3.63, 3.8) is 0 Å². The van der Waals surface area contributed by atoms with Crippen molar-refractivity contribution < 1.29 is 36.5 Å². The molecule has 15 nitrogen and oxygen atoms in total. The standard InChI is InChI=1S/C37H35F4N11O4/c1-35(2,37(39,40)41)33-46-29(48-49-33)16-45-32(54)28-10-26(50-56-28)31-43-14-23(15-44-31)25-5-3-20(13-42-25)17-51-18-36(19-51)11-22(12-36)21-4-6-27(24(38)9-21)52-8-7-30(53)47-34(52)55/h3-6,9-10,13-15,22H,7-8,11-12,16-19H2,1-2H3,(H,45,54)(H,46,48,49)(H,47,53,55). The first-order valence-corrected chi connectivity index (χ1v) is 17.8. The Kier molecular flexibility index (Phi) is 9.13. The number of anilines is 1. The molecule has 0 atom stereocenters. The van der Waals surface area contributed by atoms with E-state index in [1.807, 2.05) is 24.4 Å². The number of benzene rings is 1. The van der Waals surface area contributed by atoms with Crippen LogP contribution in [0.15, 0.2) is 59.5 Å². The van der Waals surface area contributed by atoms with Gasteiger partial charge in [-0.3, -0.25) is 34.8 Å². The van der Waals surface area contributed by atoms with Crippen LogP contribution in [0.3, 0.4) is 0 Å². The van der Waals surface area contributed by atoms with Gasteiger partial charge in [-0.1, -0.05) is 17.3 Å². The smallest absolute Gasteiger partial charge is 0.350 e. The van der Waals surface area contributed by atoms with Gasteiger partial charge in [0.25, 0.3) is 5.91 Å². The number of likely N-dealkylation sites (tertiary alicyclic amines) is 1. The number of nitrogens with zero attached hydrogens (tertiary/aromatic N) is 8. The van der Waals surface area contributed by atoms with Crippen molar-refractivity contribution in [2.45, 2.75) is 63.7 Å². The lowest BCUT2D eigenvalue weighted by atomic mass is 9.56. The minimum atomic E-state index is -4.55. The van der Waals surface area contributed by atoms with Gasteiger partial charge in [-0.2, -0.15) is 18.3 Å². The van der Waals surface area contributed by atoms with Crippen molar-refractivity contribution in [2.75, 3.05) is 24.5 Å². The van der Waals surface area contributed by atoms with Crippen molar-refractivity contribution in [1.82, 2.24) is 50.8 Å². The number of urea groups is 1. The first-order chi connectivity index (χ1) is 26.7. The number of rotatable bonds is 10. The summed E-state index contributed by atoms with van der Waals surface area (Å²) in [6.07, 6.45) is 2.51. The van der Waals surface area contributed by atoms with E-state index in [4.69, 9.17) is 4.52 Å². The summed E-state index contributed by atoms with van der Waals surface area (Å²) in [5.41, 5.74) is 1.65. The van der Waals surface area contributed by atoms with Crippen LogP contribution in [0.5, 0.6) is 0 Å². The minimum Gasteiger partial charge on any atom is -0.350 e. The number of amides is 4. The molecule has 56 heavy (non-hydrogen) atoms. The first-order valence-electron chi connectivity index (χ1n) is 17.8. The van der Waals surface area contributed by atoms with Crippen LogP contribution in [0.25, 0.3) is 22.8 Å². The molecule has 2 saturated heterocycles. The minimum absolute atomic E-state index is 0.0381. The average Bonchev–Trinajstić information content (AvgIpc) is 3.83. The monoisotopic (exact) mass is 773 g/mol. The Labute approximate surface area is 316 Å². The van der Waals surface area contributed by atoms with Gasteiger partial charge in [-0.25, -0.2) is 24.1 Å². The van der Waals surface area contributed by atoms with Gasteiger partial charge < -0.3 is 9.84 Å². The van der Waals surface area contributed by atoms with Crippen molar-refractivity contribution >= 4 is 23.5 Å². The summed E-state index contributed by atoms with van der Waals surface area (Å²) in [5, 5.41) is 14.7. The Morgan fingerprint density at radius 2 is 1.79 bits per heavy atom. The van der Waals surface area contributed by atoms with E-state index in [9.17, 15) is 27.6 Å². The molecule has 0 bridgehead atoms. The van der Waals surface area contributed by atoms with E-state index < -0.39 is 35.2 Å². The summed E-state index contributed by atoms with van der Waals surface area (Å²) in [6.45, 7) is 4.50. The molecule has 1 aromatic carbocycles. The Hall–Kier alpha value is -6.11. The van der Waals surface area contributed by atoms with E-state index in [0.717, 1.165) is 57.5 Å². The Bertz CT molecular complexity index is 2290. The number of carbonyl (C=O) groups excluding carboxylic acids is 3. The molecule has 4 aromatic heterocycles. The predicted molar refractivity (Wildman–Crippen MR) is 189 cm³/mol. The second-order valence-corrected chi connectivity index (χ2v) is 15.1. The van der Waals surface area contributed by atoms with Gasteiger partial charge >= 0.3 is 12.2 Å². The predicted octanol–water partition coefficient (Wildman–Crippen LogP) is 5.05. The molecular weight excluding hydrogens is 738 g/mol. The number of hydrogen-bond donors (Lipinski definition) is 3. The molecule has 19 heteroatoms. The van der Waals surface area contributed by atoms with E-state index in [-0.39, 0.29) is 65.5 Å². The molecule has 8 rings (SSSR count). The number of halogens is 4. The van der Waals surface area contributed by atoms with Crippen LogP contribution >= 0.6 is 0 Å². The molecule has 5 aromatic rings. The zero-order valence-electron chi connectivity index (χ0n) is 30.2. The van der Waals surface area contributed by atoms with Gasteiger partial charge in [-0.05, 0) is 67.3 Å². The van der Waals surface area contributed by atoms with Gasteiger partial charge in [0.2, 0.25) is 11.7 Å². The summed E-state index contributed by atoms with van der Waals surface area (Å²) in [7, 11) is 0. The van der Waals surface area contributed by atoms with Crippen LogP contribution in [0.2, 0.25) is 0 Å². The third-order valence-electron chi connectivity index (χ3n) is 10.6. The van der Waals surface area contributed by atoms with Crippen LogP contribution < -0.4 is 15.5 Å². The number of pyridine rings is 1. The Morgan fingerprint density at radius 1 is 1.02 bits per heavy atom. The molecule has 6 heterocycles. The van der Waals surface area contributed by atoms with Crippen LogP contribution in [-0.4, -0.2) is 83.8 Å². The highest BCUT2D eigenvalue weighted by Gasteiger charge is 2.53. The number of aromatic nitrogens is 7. The SMILES string of the molecule is CC(C)(c1n[nH]c(CNC(=O)c2cc(-c3ncc(-c4ccc(CN5CC6(CC(c7ccc(N8CCC(=O)NC8=O)c(F)c7)C6)C5)cn4)cn3)no2)n1)C(F)(F)F. The van der Waals surface area contributed by atoms with Gasteiger partial charge in [0.05, 0.1) is 17.9 Å². The lowest BCUT2D eigenvalue weighted by Gasteiger charge is -2.59. The number of carbonyl (C=O) groups is 3. The zero-order valence-corrected chi connectivity index (χ0v) is 30.2. The molecule has 1 spiro atoms. The van der Waals surface area contributed by atoms with Crippen LogP contribution in [0.4, 0.5) is 28.0 Å². The zero-order chi connectivity index (χ0) is 39.4. The maximum Gasteiger partial charge on any atom is 0.401 e. The Morgan fingerprint density at radius 3 is 2.46 bits per heavy atom. The summed E-state index contributed by atoms with van der Waals surface area (Å²) in [4.78, 5) is 57.0. The van der Waals surface area contributed by atoms with Gasteiger partial charge in [0, 0.05) is 62.8 Å². The molecule has 3 fully saturated rings. The number of H-pyrrole nitrogens is 1. The number of hydrogen-bond acceptors (Lipinski definition) is 11. The number of nitrogens with one attached hydrogen (secondary N) is 3.